The van der Waals surface area contributed by atoms with E-state index >= 15 is 0 Å². The van der Waals surface area contributed by atoms with Gasteiger partial charge < -0.3 is 0 Å². The summed E-state index contributed by atoms with van der Waals surface area (Å²) in [4.78, 5) is 3.93. The van der Waals surface area contributed by atoms with Gasteiger partial charge in [-0.05, 0) is 0 Å². The van der Waals surface area contributed by atoms with Crippen LogP contribution in [0.2, 0.25) is 0 Å². The van der Waals surface area contributed by atoms with Gasteiger partial charge in [-0.2, -0.15) is 0 Å². The van der Waals surface area contributed by atoms with E-state index in [2.05, 4.69) is 24.9 Å². The summed E-state index contributed by atoms with van der Waals surface area (Å²) in [5.74, 6) is 0. The van der Waals surface area contributed by atoms with Gasteiger partial charge >= 0.3 is 29.6 Å². The van der Waals surface area contributed by atoms with Gasteiger partial charge in [0.1, 0.15) is 0 Å². The maximum absolute atomic E-state index is 3.93. The molecule has 0 saturated carbocycles. The van der Waals surface area contributed by atoms with E-state index in [0.717, 1.165) is 0 Å². The normalized spacial score (nSPS) is 20.8. The molecule has 0 unspecified atom stereocenters. The van der Waals surface area contributed by atoms with Gasteiger partial charge in [0.2, 0.25) is 0 Å². The Morgan fingerprint density at radius 1 is 1.38 bits per heavy atom. The van der Waals surface area contributed by atoms with Crippen LogP contribution in [-0.4, -0.2) is 35.8 Å². The molecule has 0 amide bonds. The SMILES string of the molecule is CC1(C)C=CN=C1.[NaH]. The second-order valence-corrected chi connectivity index (χ2v) is 2.42. The molecule has 40 valence electrons. The molecule has 8 heavy (non-hydrogen) atoms. The third-order valence-electron chi connectivity index (χ3n) is 0.997. The number of aliphatic imine (C=N–C) groups is 1. The van der Waals surface area contributed by atoms with Gasteiger partial charge in [-0.15, -0.1) is 0 Å². The van der Waals surface area contributed by atoms with E-state index in [1.165, 1.54) is 0 Å². The van der Waals surface area contributed by atoms with Crippen molar-refractivity contribution in [2.75, 3.05) is 0 Å². The minimum absolute atomic E-state index is 0. The van der Waals surface area contributed by atoms with Crippen LogP contribution in [0.15, 0.2) is 17.3 Å². The van der Waals surface area contributed by atoms with Gasteiger partial charge in [-0.3, -0.25) is 4.99 Å². The van der Waals surface area contributed by atoms with Crippen molar-refractivity contribution in [2.45, 2.75) is 13.8 Å². The van der Waals surface area contributed by atoms with Crippen LogP contribution in [0, 0.1) is 5.41 Å². The molecule has 0 fully saturated rings. The Bertz CT molecular complexity index is 110. The number of hydrogen-bond acceptors (Lipinski definition) is 1. The summed E-state index contributed by atoms with van der Waals surface area (Å²) in [7, 11) is 0. The third-order valence-corrected chi connectivity index (χ3v) is 0.997. The Morgan fingerprint density at radius 3 is 2.12 bits per heavy atom. The van der Waals surface area contributed by atoms with Gasteiger partial charge in [0.15, 0.2) is 0 Å². The Kier molecular flexibility index (Phi) is 2.95. The molecule has 0 N–H and O–H groups in total. The first-order valence-electron chi connectivity index (χ1n) is 2.43. The Balaban J connectivity index is 0.000000490. The Morgan fingerprint density at radius 2 is 2.00 bits per heavy atom. The summed E-state index contributed by atoms with van der Waals surface area (Å²) in [5, 5.41) is 0. The van der Waals surface area contributed by atoms with Gasteiger partial charge in [-0.25, -0.2) is 0 Å². The number of nitrogens with zero attached hydrogens (tertiary/aromatic N) is 1. The zero-order valence-corrected chi connectivity index (χ0v) is 4.68. The molecule has 0 aliphatic carbocycles. The summed E-state index contributed by atoms with van der Waals surface area (Å²) >= 11 is 0. The predicted molar refractivity (Wildman–Crippen MR) is 38.6 cm³/mol. The molecule has 0 aromatic heterocycles. The van der Waals surface area contributed by atoms with E-state index < -0.39 is 0 Å². The fourth-order valence-electron chi connectivity index (χ4n) is 0.513. The molecule has 1 rings (SSSR count). The van der Waals surface area contributed by atoms with E-state index in [-0.39, 0.29) is 35.0 Å². The maximum atomic E-state index is 3.93. The van der Waals surface area contributed by atoms with Crippen molar-refractivity contribution in [1.29, 1.82) is 0 Å². The fraction of sp³-hybridized carbons (Fsp3) is 0.500. The summed E-state index contributed by atoms with van der Waals surface area (Å²) in [6.45, 7) is 4.25. The average molecular weight is 119 g/mol. The minimum atomic E-state index is 0. The molecule has 0 bridgehead atoms. The van der Waals surface area contributed by atoms with Gasteiger partial charge in [0.25, 0.3) is 0 Å². The van der Waals surface area contributed by atoms with Crippen LogP contribution < -0.4 is 0 Å². The van der Waals surface area contributed by atoms with Crippen LogP contribution in [0.5, 0.6) is 0 Å². The first-order chi connectivity index (χ1) is 3.21. The van der Waals surface area contributed by atoms with Crippen molar-refractivity contribution in [3.05, 3.63) is 12.3 Å². The second kappa shape index (κ2) is 2.81. The quantitative estimate of drug-likeness (QED) is 0.421. The predicted octanol–water partition coefficient (Wildman–Crippen LogP) is 0.962. The molecule has 0 aromatic rings. The van der Waals surface area contributed by atoms with Crippen LogP contribution >= 0.6 is 0 Å². The van der Waals surface area contributed by atoms with E-state index in [1.807, 2.05) is 12.4 Å². The Labute approximate surface area is 72.2 Å². The van der Waals surface area contributed by atoms with Gasteiger partial charge in [0.05, 0.1) is 0 Å². The van der Waals surface area contributed by atoms with Crippen LogP contribution in [0.25, 0.3) is 0 Å². The molecule has 1 aliphatic rings. The molecule has 0 saturated heterocycles. The van der Waals surface area contributed by atoms with Crippen molar-refractivity contribution >= 4 is 35.8 Å². The molecule has 1 aliphatic heterocycles. The monoisotopic (exact) mass is 119 g/mol. The molecule has 0 aromatic carbocycles. The molecule has 0 radical (unpaired) electrons. The molecule has 1 nitrogen and oxygen atoms in total. The van der Waals surface area contributed by atoms with Crippen LogP contribution in [0.1, 0.15) is 13.8 Å². The van der Waals surface area contributed by atoms with Crippen LogP contribution in [0.3, 0.4) is 0 Å². The third kappa shape index (κ3) is 2.12. The van der Waals surface area contributed by atoms with Crippen LogP contribution in [0.4, 0.5) is 0 Å². The van der Waals surface area contributed by atoms with E-state index in [9.17, 15) is 0 Å². The van der Waals surface area contributed by atoms with Gasteiger partial charge in [-0.1, -0.05) is 19.9 Å². The van der Waals surface area contributed by atoms with Gasteiger partial charge in [0, 0.05) is 17.8 Å². The zero-order chi connectivity index (χ0) is 5.33. The molecular formula is C6H10NNa. The summed E-state index contributed by atoms with van der Waals surface area (Å²) in [5.41, 5.74) is 0.222. The van der Waals surface area contributed by atoms with Crippen molar-refractivity contribution in [1.82, 2.24) is 0 Å². The zero-order valence-electron chi connectivity index (χ0n) is 4.68. The summed E-state index contributed by atoms with van der Waals surface area (Å²) < 4.78 is 0. The molecule has 1 heterocycles. The van der Waals surface area contributed by atoms with E-state index in [0.29, 0.717) is 0 Å². The van der Waals surface area contributed by atoms with E-state index in [1.54, 1.807) is 0 Å². The molecule has 0 spiro atoms. The average Bonchev–Trinajstić information content (AvgIpc) is 1.84. The van der Waals surface area contributed by atoms with Crippen molar-refractivity contribution in [3.8, 4) is 0 Å². The Hall–Kier alpha value is 0.410. The first kappa shape index (κ1) is 8.41. The molecule has 0 atom stereocenters. The molecular weight excluding hydrogens is 109 g/mol. The summed E-state index contributed by atoms with van der Waals surface area (Å²) in [6.07, 6.45) is 5.85. The first-order valence-corrected chi connectivity index (χ1v) is 2.43. The topological polar surface area (TPSA) is 12.4 Å². The number of rotatable bonds is 0. The second-order valence-electron chi connectivity index (χ2n) is 2.42. The fourth-order valence-corrected chi connectivity index (χ4v) is 0.513. The number of hydrogen-bond donors (Lipinski definition) is 0. The molecule has 2 heteroatoms. The standard InChI is InChI=1S/C6H9N.Na.H/c1-6(2)3-4-7-5-6;;/h3-5H,1-2H3;;. The number of allylic oxidation sites excluding steroid dienone is 1. The summed E-state index contributed by atoms with van der Waals surface area (Å²) in [6, 6.07) is 0. The van der Waals surface area contributed by atoms with Crippen LogP contribution in [-0.2, 0) is 0 Å². The van der Waals surface area contributed by atoms with Crippen molar-refractivity contribution < 1.29 is 0 Å². The van der Waals surface area contributed by atoms with Crippen molar-refractivity contribution in [3.63, 3.8) is 0 Å². The van der Waals surface area contributed by atoms with E-state index in [4.69, 9.17) is 0 Å². The van der Waals surface area contributed by atoms with Crippen molar-refractivity contribution in [2.24, 2.45) is 10.4 Å².